The number of amides is 6. The van der Waals surface area contributed by atoms with Crippen LogP contribution in [0, 0.1) is 10.8 Å². The average Bonchev–Trinajstić information content (AvgIpc) is 1.03. The lowest BCUT2D eigenvalue weighted by Crippen LogP contribution is -2.47. The van der Waals surface area contributed by atoms with Gasteiger partial charge in [-0.05, 0) is 164 Å². The number of azide groups is 1. The van der Waals surface area contributed by atoms with Crippen LogP contribution in [-0.4, -0.2) is 167 Å². The number of fused-ring (bicyclic) bond motifs is 1. The first-order chi connectivity index (χ1) is 47.9. The Kier molecular flexibility index (Phi) is 29.5. The van der Waals surface area contributed by atoms with Crippen LogP contribution in [0.2, 0.25) is 19.5 Å². The Hall–Kier alpha value is -8.84. The predicted octanol–water partition coefficient (Wildman–Crippen LogP) is 10.2. The minimum absolute atomic E-state index is 0.0280. The average molecular weight is 1360 g/mol. The van der Waals surface area contributed by atoms with Crippen LogP contribution >= 0.6 is 0 Å². The third-order valence-corrected chi connectivity index (χ3v) is 18.9. The number of anilines is 3. The van der Waals surface area contributed by atoms with Crippen molar-refractivity contribution in [2.75, 3.05) is 69.4 Å². The number of hydrogen-bond acceptors (Lipinski definition) is 17. The quantitative estimate of drug-likeness (QED) is 0.00249. The van der Waals surface area contributed by atoms with E-state index in [0.29, 0.717) is 61.2 Å². The zero-order valence-electron chi connectivity index (χ0n) is 57.3. The zero-order chi connectivity index (χ0) is 70.7. The smallest absolute Gasteiger partial charge is 0.373 e. The van der Waals surface area contributed by atoms with Crippen LogP contribution < -0.4 is 21.2 Å². The van der Waals surface area contributed by atoms with Gasteiger partial charge in [0.2, 0.25) is 29.5 Å². The first-order valence-electron chi connectivity index (χ1n) is 34.9. The van der Waals surface area contributed by atoms with Crippen molar-refractivity contribution in [1.82, 2.24) is 19.9 Å². The number of cyclic esters (lactones) is 2. The van der Waals surface area contributed by atoms with Gasteiger partial charge < -0.3 is 59.7 Å². The van der Waals surface area contributed by atoms with Gasteiger partial charge in [0, 0.05) is 98.3 Å². The van der Waals surface area contributed by atoms with Gasteiger partial charge in [-0.3, -0.25) is 44.4 Å². The maximum Gasteiger partial charge on any atom is 0.373 e. The second-order valence-electron chi connectivity index (χ2n) is 26.1. The molecule has 0 spiro atoms. The number of ether oxygens (including phenoxy) is 2. The molecule has 4 aromatic rings. The number of esters is 2. The maximum atomic E-state index is 14.8. The lowest BCUT2D eigenvalue weighted by Gasteiger charge is -2.51. The van der Waals surface area contributed by atoms with E-state index in [1.165, 1.54) is 28.0 Å². The zero-order valence-corrected chi connectivity index (χ0v) is 57.3. The number of likely N-dealkylation sites (tertiary alicyclic amines) is 1. The minimum atomic E-state index is -1.05. The molecule has 28 heteroatoms. The molecule has 2 aliphatic heterocycles. The fraction of sp³-hybridized carbons (Fsp3) is 0.521. The number of rotatable bonds is 44. The third kappa shape index (κ3) is 21.1. The van der Waals surface area contributed by atoms with Crippen molar-refractivity contribution in [2.45, 2.75) is 184 Å². The van der Waals surface area contributed by atoms with Gasteiger partial charge in [-0.25, -0.2) is 4.79 Å². The summed E-state index contributed by atoms with van der Waals surface area (Å²) in [6.45, 7) is 2.90. The molecule has 3 aliphatic carbocycles. The molecule has 5 aliphatic rings. The highest BCUT2D eigenvalue weighted by atomic mass is 16.6. The van der Waals surface area contributed by atoms with E-state index in [2.05, 4.69) is 49.4 Å². The molecular weight excluding hydrogens is 1260 g/mol. The van der Waals surface area contributed by atoms with Crippen LogP contribution in [-0.2, 0) is 59.4 Å². The largest absolute Gasteiger partial charge is 0.556 e. The number of carbonyl (C=O) groups is 8. The molecule has 99 heavy (non-hydrogen) atoms. The molecule has 0 unspecified atom stereocenters. The number of carbonyl (C=O) groups excluding carboxylic acids is 8. The van der Waals surface area contributed by atoms with Crippen molar-refractivity contribution in [1.29, 1.82) is 10.8 Å². The van der Waals surface area contributed by atoms with Crippen LogP contribution in [0.1, 0.15) is 200 Å². The van der Waals surface area contributed by atoms with Crippen molar-refractivity contribution in [3.8, 4) is 0 Å². The first kappa shape index (κ1) is 75.9. The summed E-state index contributed by atoms with van der Waals surface area (Å²) < 4.78 is 20.6. The van der Waals surface area contributed by atoms with E-state index < -0.39 is 48.3 Å². The molecule has 1 fully saturated rings. The number of nitrogens with one attached hydrogen (secondary N) is 6. The van der Waals surface area contributed by atoms with Crippen molar-refractivity contribution < 1.29 is 62.2 Å². The Bertz CT molecular complexity index is 3480. The van der Waals surface area contributed by atoms with Crippen LogP contribution in [0.3, 0.4) is 0 Å². The number of hydrogen-bond donors (Lipinski definition) is 7. The Labute approximate surface area is 581 Å². The SMILES string of the molecule is CB(O)NCCCCCCCC(=O)Nc1ccc2c(c1)C1(CCC(=O)N(C)CCOCCN(C)C(=O)[C@@H]3C[C@H](N=[N+]=[N-])CN3C(=O)c3ccc4c(c3)CC(=O)OC4=O)c3cc(NC(=O)CCCCCCC[B]OC=N)ccc3C2c2ccc(NC(=O)CCCCCCC[B]OC=N)cc21. The normalized spacial score (nSPS) is 16.7. The Morgan fingerprint density at radius 3 is 1.70 bits per heavy atom. The van der Waals surface area contributed by atoms with Crippen molar-refractivity contribution in [2.24, 2.45) is 5.11 Å². The van der Waals surface area contributed by atoms with Gasteiger partial charge in [0.15, 0.2) is 0 Å². The Morgan fingerprint density at radius 1 is 0.697 bits per heavy atom. The lowest BCUT2D eigenvalue weighted by molar-refractivity contribution is -0.138. The van der Waals surface area contributed by atoms with Crippen molar-refractivity contribution in [3.63, 3.8) is 0 Å². The molecule has 4 aromatic carbocycles. The van der Waals surface area contributed by atoms with Gasteiger partial charge >= 0.3 is 34.0 Å². The summed E-state index contributed by atoms with van der Waals surface area (Å²) in [5, 5.41) is 40.0. The fourth-order valence-corrected chi connectivity index (χ4v) is 13.8. The molecule has 2 heterocycles. The predicted molar refractivity (Wildman–Crippen MR) is 380 cm³/mol. The monoisotopic (exact) mass is 1350 g/mol. The van der Waals surface area contributed by atoms with Crippen LogP contribution in [0.25, 0.3) is 10.4 Å². The van der Waals surface area contributed by atoms with Crippen molar-refractivity contribution in [3.05, 3.63) is 133 Å². The Morgan fingerprint density at radius 2 is 1.19 bits per heavy atom. The number of nitrogens with zero attached hydrogens (tertiary/aromatic N) is 6. The molecule has 2 atom stereocenters. The summed E-state index contributed by atoms with van der Waals surface area (Å²) in [4.78, 5) is 116. The molecule has 6 amide bonds. The summed E-state index contributed by atoms with van der Waals surface area (Å²) in [5.41, 5.74) is 16.4. The number of likely N-dealkylation sites (N-methyl/N-ethyl adjacent to an activating group) is 2. The molecule has 9 rings (SSSR count). The molecule has 25 nitrogen and oxygen atoms in total. The van der Waals surface area contributed by atoms with E-state index in [4.69, 9.17) is 29.6 Å². The van der Waals surface area contributed by atoms with Gasteiger partial charge in [-0.2, -0.15) is 0 Å². The number of unbranched alkanes of at least 4 members (excludes halogenated alkanes) is 12. The van der Waals surface area contributed by atoms with E-state index in [1.807, 2.05) is 36.4 Å². The van der Waals surface area contributed by atoms with Crippen LogP contribution in [0.5, 0.6) is 0 Å². The first-order valence-corrected chi connectivity index (χ1v) is 34.9. The van der Waals surface area contributed by atoms with Gasteiger partial charge in [0.25, 0.3) is 5.91 Å². The second-order valence-corrected chi connectivity index (χ2v) is 26.1. The summed E-state index contributed by atoms with van der Waals surface area (Å²) in [7, 11) is 5.96. The maximum absolute atomic E-state index is 14.8. The molecule has 0 saturated carbocycles. The molecule has 2 radical (unpaired) electrons. The van der Waals surface area contributed by atoms with Crippen LogP contribution in [0.4, 0.5) is 17.1 Å². The molecule has 0 aromatic heterocycles. The molecule has 2 bridgehead atoms. The topological polar surface area (TPSA) is 348 Å². The standard InChI is InChI=1S/C71H93B3N12O13/c1-74(95)78-34-18-12-6-9-15-21-64(89)81-52-25-29-57-60(43-52)71(31-30-65(90)84(2)35-37-96-38-36-85(3)69(93)61-44-53(82-83-77)45-86(61)68(92)48-22-26-54-49(39-48)40-66(91)99-70(54)94)58-41-50(79-62(87)19-13-7-4-10-16-32-72-97-46-75)23-27-55(58)67(57)56-28-24-51(42-59(56)71)80-63(88)20-14-8-5-11-17-33-73-98-47-76/h22-29,39,41-43,46-47,53,61,67,75-76,78,95H,4-21,30-38,40,44-45H2,1-3H3,(H,79,87)(H,80,88)(H,81,89)/t53-,61-,67?,71?/m0/s1. The molecule has 524 valence electrons. The molecular formula is C71H93B3N12O13. The second kappa shape index (κ2) is 38.5. The Balaban J connectivity index is 0.992. The van der Waals surface area contributed by atoms with Gasteiger partial charge in [0.05, 0.1) is 31.2 Å². The van der Waals surface area contributed by atoms with Gasteiger partial charge in [-0.15, -0.1) is 0 Å². The van der Waals surface area contributed by atoms with E-state index in [9.17, 15) is 48.9 Å². The van der Waals surface area contributed by atoms with E-state index in [-0.39, 0.29) is 99.2 Å². The summed E-state index contributed by atoms with van der Waals surface area (Å²) in [5.74, 6) is -3.33. The fourth-order valence-electron chi connectivity index (χ4n) is 13.8. The van der Waals surface area contributed by atoms with Gasteiger partial charge in [0.1, 0.15) is 18.8 Å². The summed E-state index contributed by atoms with van der Waals surface area (Å²) in [6.07, 6.45) is 17.7. The minimum Gasteiger partial charge on any atom is -0.556 e. The lowest BCUT2D eigenvalue weighted by atomic mass is 9.51. The highest BCUT2D eigenvalue weighted by Crippen LogP contribution is 2.62. The van der Waals surface area contributed by atoms with E-state index >= 15 is 0 Å². The number of benzene rings is 4. The van der Waals surface area contributed by atoms with E-state index in [1.54, 1.807) is 40.8 Å². The van der Waals surface area contributed by atoms with Gasteiger partial charge in [-0.1, -0.05) is 93.9 Å². The third-order valence-electron chi connectivity index (χ3n) is 18.9. The highest BCUT2D eigenvalue weighted by Gasteiger charge is 2.52. The highest BCUT2D eigenvalue weighted by molar-refractivity contribution is 6.45. The summed E-state index contributed by atoms with van der Waals surface area (Å²) in [6, 6.07) is 20.7. The molecule has 1 saturated heterocycles. The van der Waals surface area contributed by atoms with Crippen LogP contribution in [0.15, 0.2) is 77.9 Å². The van der Waals surface area contributed by atoms with Crippen molar-refractivity contribution >= 4 is 99.3 Å². The molecule has 7 N–H and O–H groups in total. The summed E-state index contributed by atoms with van der Waals surface area (Å²) >= 11 is 0. The van der Waals surface area contributed by atoms with E-state index in [0.717, 1.165) is 142 Å².